The van der Waals surface area contributed by atoms with Gasteiger partial charge in [0.2, 0.25) is 0 Å². The van der Waals surface area contributed by atoms with Crippen molar-refractivity contribution in [1.82, 2.24) is 9.88 Å². The molecular formula is C22H27N4OS+. The standard InChI is InChI=1S/C22H26N4OS/c1-16-9-10-17-14-18(21(27)24-20(17)13-16)15-26(12-11-25(2)3)22(28)23-19-7-5-4-6-8-19/h4-10,13-14H,11-12,15H2,1-3H3,(H,23,28)(H,24,27)/p+1. The maximum Gasteiger partial charge on any atom is 0.253 e. The fraction of sp³-hybridized carbons (Fsp3) is 0.273. The molecule has 146 valence electrons. The molecule has 0 saturated carbocycles. The van der Waals surface area contributed by atoms with Crippen molar-refractivity contribution in [3.05, 3.63) is 76.1 Å². The van der Waals surface area contributed by atoms with Crippen LogP contribution >= 0.6 is 12.2 Å². The summed E-state index contributed by atoms with van der Waals surface area (Å²) >= 11 is 5.66. The molecule has 3 aromatic rings. The van der Waals surface area contributed by atoms with E-state index in [1.54, 1.807) is 0 Å². The number of aromatic amines is 1. The summed E-state index contributed by atoms with van der Waals surface area (Å²) in [5, 5.41) is 4.94. The first-order chi connectivity index (χ1) is 13.4. The van der Waals surface area contributed by atoms with Crippen LogP contribution in [-0.2, 0) is 6.54 Å². The van der Waals surface area contributed by atoms with E-state index in [4.69, 9.17) is 12.2 Å². The number of nitrogens with zero attached hydrogens (tertiary/aromatic N) is 1. The van der Waals surface area contributed by atoms with Crippen molar-refractivity contribution < 1.29 is 4.90 Å². The predicted molar refractivity (Wildman–Crippen MR) is 120 cm³/mol. The van der Waals surface area contributed by atoms with Gasteiger partial charge in [-0.3, -0.25) is 4.79 Å². The zero-order valence-electron chi connectivity index (χ0n) is 16.6. The Morgan fingerprint density at radius 3 is 2.61 bits per heavy atom. The van der Waals surface area contributed by atoms with E-state index in [1.807, 2.05) is 55.5 Å². The second-order valence-corrected chi connectivity index (χ2v) is 7.78. The van der Waals surface area contributed by atoms with Crippen molar-refractivity contribution in [1.29, 1.82) is 0 Å². The number of para-hydroxylation sites is 1. The lowest BCUT2D eigenvalue weighted by Crippen LogP contribution is -3.06. The zero-order chi connectivity index (χ0) is 20.1. The number of H-pyrrole nitrogens is 1. The van der Waals surface area contributed by atoms with Gasteiger partial charge in [0.15, 0.2) is 5.11 Å². The molecular weight excluding hydrogens is 368 g/mol. The number of likely N-dealkylation sites (N-methyl/N-ethyl adjacent to an activating group) is 1. The third-order valence-electron chi connectivity index (χ3n) is 4.63. The van der Waals surface area contributed by atoms with Crippen molar-refractivity contribution in [2.75, 3.05) is 32.5 Å². The molecule has 0 bridgehead atoms. The van der Waals surface area contributed by atoms with Crippen LogP contribution in [0.25, 0.3) is 10.9 Å². The zero-order valence-corrected chi connectivity index (χ0v) is 17.4. The third kappa shape index (κ3) is 5.18. The van der Waals surface area contributed by atoms with Gasteiger partial charge < -0.3 is 20.1 Å². The summed E-state index contributed by atoms with van der Waals surface area (Å²) in [5.74, 6) is 0. The summed E-state index contributed by atoms with van der Waals surface area (Å²) in [7, 11) is 4.22. The molecule has 0 amide bonds. The highest BCUT2D eigenvalue weighted by Gasteiger charge is 2.15. The molecule has 5 nitrogen and oxygen atoms in total. The van der Waals surface area contributed by atoms with Crippen molar-refractivity contribution in [2.24, 2.45) is 0 Å². The van der Waals surface area contributed by atoms with Crippen LogP contribution in [0.2, 0.25) is 0 Å². The molecule has 1 heterocycles. The minimum Gasteiger partial charge on any atom is -0.339 e. The quantitative estimate of drug-likeness (QED) is 0.560. The normalized spacial score (nSPS) is 11.0. The fourth-order valence-corrected chi connectivity index (χ4v) is 3.29. The Morgan fingerprint density at radius 1 is 1.14 bits per heavy atom. The molecule has 1 aromatic heterocycles. The number of fused-ring (bicyclic) bond motifs is 1. The van der Waals surface area contributed by atoms with Crippen LogP contribution in [0.1, 0.15) is 11.1 Å². The summed E-state index contributed by atoms with van der Waals surface area (Å²) in [6, 6.07) is 17.9. The topological polar surface area (TPSA) is 52.6 Å². The summed E-state index contributed by atoms with van der Waals surface area (Å²) in [6.07, 6.45) is 0. The molecule has 0 radical (unpaired) electrons. The molecule has 0 aliphatic rings. The summed E-state index contributed by atoms with van der Waals surface area (Å²) in [5.41, 5.74) is 3.57. The Kier molecular flexibility index (Phi) is 6.44. The van der Waals surface area contributed by atoms with Crippen LogP contribution in [0.5, 0.6) is 0 Å². The monoisotopic (exact) mass is 395 g/mol. The van der Waals surface area contributed by atoms with Gasteiger partial charge in [-0.2, -0.15) is 0 Å². The number of aromatic nitrogens is 1. The second-order valence-electron chi connectivity index (χ2n) is 7.39. The van der Waals surface area contributed by atoms with E-state index in [1.165, 1.54) is 4.90 Å². The Bertz CT molecular complexity index is 1010. The highest BCUT2D eigenvalue weighted by atomic mass is 32.1. The molecule has 6 heteroatoms. The van der Waals surface area contributed by atoms with Crippen LogP contribution in [0, 0.1) is 6.92 Å². The molecule has 28 heavy (non-hydrogen) atoms. The first kappa shape index (κ1) is 20.0. The second kappa shape index (κ2) is 8.99. The Hall–Kier alpha value is -2.70. The number of aryl methyl sites for hydroxylation is 1. The van der Waals surface area contributed by atoms with E-state index in [2.05, 4.69) is 35.4 Å². The van der Waals surface area contributed by atoms with Gasteiger partial charge >= 0.3 is 0 Å². The lowest BCUT2D eigenvalue weighted by Gasteiger charge is -2.26. The van der Waals surface area contributed by atoms with Gasteiger partial charge in [-0.25, -0.2) is 0 Å². The molecule has 3 rings (SSSR count). The fourth-order valence-electron chi connectivity index (χ4n) is 3.02. The lowest BCUT2D eigenvalue weighted by molar-refractivity contribution is -0.857. The first-order valence-electron chi connectivity index (χ1n) is 9.45. The van der Waals surface area contributed by atoms with E-state index in [9.17, 15) is 4.79 Å². The smallest absolute Gasteiger partial charge is 0.253 e. The van der Waals surface area contributed by atoms with Gasteiger partial charge in [0.05, 0.1) is 33.7 Å². The summed E-state index contributed by atoms with van der Waals surface area (Å²) < 4.78 is 0. The van der Waals surface area contributed by atoms with E-state index < -0.39 is 0 Å². The molecule has 3 N–H and O–H groups in total. The number of rotatable bonds is 6. The van der Waals surface area contributed by atoms with Crippen molar-refractivity contribution in [3.8, 4) is 0 Å². The number of benzene rings is 2. The molecule has 0 fully saturated rings. The van der Waals surface area contributed by atoms with Gasteiger partial charge in [0.25, 0.3) is 5.56 Å². The average Bonchev–Trinajstić information content (AvgIpc) is 2.66. The predicted octanol–water partition coefficient (Wildman–Crippen LogP) is 2.18. The van der Waals surface area contributed by atoms with Gasteiger partial charge in [-0.15, -0.1) is 0 Å². The first-order valence-corrected chi connectivity index (χ1v) is 9.86. The minimum atomic E-state index is -0.0668. The van der Waals surface area contributed by atoms with Crippen LogP contribution in [-0.4, -0.2) is 42.2 Å². The van der Waals surface area contributed by atoms with E-state index in [0.29, 0.717) is 17.2 Å². The van der Waals surface area contributed by atoms with Crippen molar-refractivity contribution in [2.45, 2.75) is 13.5 Å². The number of pyridine rings is 1. The number of hydrogen-bond donors (Lipinski definition) is 3. The number of quaternary nitrogens is 1. The maximum atomic E-state index is 12.6. The average molecular weight is 396 g/mol. The number of anilines is 1. The van der Waals surface area contributed by atoms with E-state index >= 15 is 0 Å². The van der Waals surface area contributed by atoms with Crippen LogP contribution < -0.4 is 15.8 Å². The molecule has 0 unspecified atom stereocenters. The van der Waals surface area contributed by atoms with Crippen LogP contribution in [0.15, 0.2) is 59.4 Å². The molecule has 0 atom stereocenters. The van der Waals surface area contributed by atoms with Crippen molar-refractivity contribution in [3.63, 3.8) is 0 Å². The lowest BCUT2D eigenvalue weighted by atomic mass is 10.1. The van der Waals surface area contributed by atoms with Crippen LogP contribution in [0.3, 0.4) is 0 Å². The molecule has 0 aliphatic carbocycles. The third-order valence-corrected chi connectivity index (χ3v) is 4.99. The number of hydrogen-bond acceptors (Lipinski definition) is 2. The SMILES string of the molecule is Cc1ccc2cc(CN(CC[NH+](C)C)C(=S)Nc3ccccc3)c(=O)[nH]c2c1. The minimum absolute atomic E-state index is 0.0668. The summed E-state index contributed by atoms with van der Waals surface area (Å²) in [4.78, 5) is 19.0. The number of nitrogens with one attached hydrogen (secondary N) is 3. The van der Waals surface area contributed by atoms with Gasteiger partial charge in [0.1, 0.15) is 0 Å². The Balaban J connectivity index is 1.85. The molecule has 0 aliphatic heterocycles. The highest BCUT2D eigenvalue weighted by molar-refractivity contribution is 7.80. The van der Waals surface area contributed by atoms with Crippen LogP contribution in [0.4, 0.5) is 5.69 Å². The molecule has 0 spiro atoms. The Labute approximate surface area is 171 Å². The van der Waals surface area contributed by atoms with E-state index in [0.717, 1.165) is 35.2 Å². The maximum absolute atomic E-state index is 12.6. The highest BCUT2D eigenvalue weighted by Crippen LogP contribution is 2.15. The summed E-state index contributed by atoms with van der Waals surface area (Å²) in [6.45, 7) is 4.16. The molecule has 0 saturated heterocycles. The Morgan fingerprint density at radius 2 is 1.89 bits per heavy atom. The van der Waals surface area contributed by atoms with Gasteiger partial charge in [-0.05, 0) is 54.4 Å². The largest absolute Gasteiger partial charge is 0.339 e. The van der Waals surface area contributed by atoms with Gasteiger partial charge in [-0.1, -0.05) is 30.3 Å². The van der Waals surface area contributed by atoms with Crippen molar-refractivity contribution >= 4 is 33.9 Å². The molecule has 2 aromatic carbocycles. The van der Waals surface area contributed by atoms with Gasteiger partial charge in [0, 0.05) is 16.8 Å². The van der Waals surface area contributed by atoms with E-state index in [-0.39, 0.29) is 5.56 Å². The number of thiocarbonyl (C=S) groups is 1.